The Labute approximate surface area is 166 Å². The Morgan fingerprint density at radius 1 is 1.07 bits per heavy atom. The van der Waals surface area contributed by atoms with Crippen LogP contribution in [0.1, 0.15) is 36.4 Å². The number of anilines is 2. The molecule has 1 aliphatic carbocycles. The zero-order chi connectivity index (χ0) is 19.5. The van der Waals surface area contributed by atoms with E-state index in [1.807, 2.05) is 12.1 Å². The topological polar surface area (TPSA) is 61.7 Å². The maximum atomic E-state index is 11.7. The Hall–Kier alpha value is -2.60. The number of nitrogens with one attached hydrogen (secondary N) is 1. The molecule has 4 rings (SSSR count). The van der Waals surface area contributed by atoms with Gasteiger partial charge in [-0.05, 0) is 49.6 Å². The van der Waals surface area contributed by atoms with Crippen molar-refractivity contribution in [2.75, 3.05) is 43.4 Å². The number of benzene rings is 2. The van der Waals surface area contributed by atoms with Gasteiger partial charge in [0.05, 0.1) is 11.0 Å². The number of aryl methyl sites for hydroxylation is 1. The normalized spacial score (nSPS) is 20.3. The highest BCUT2D eigenvalue weighted by molar-refractivity contribution is 5.70. The van der Waals surface area contributed by atoms with Crippen LogP contribution < -0.4 is 10.2 Å². The average Bonchev–Trinajstić information content (AvgIpc) is 2.91. The molecule has 1 atom stereocenters. The fourth-order valence-corrected chi connectivity index (χ4v) is 4.32. The SMILES string of the molecule is CN1CCN(c2ccc([N+](=O)[O-])c(NC3CCCCc4ccccc43)c2)CC1. The van der Waals surface area contributed by atoms with Crippen LogP contribution in [0.25, 0.3) is 0 Å². The van der Waals surface area contributed by atoms with Crippen LogP contribution in [0, 0.1) is 10.1 Å². The molecule has 0 amide bonds. The van der Waals surface area contributed by atoms with E-state index in [2.05, 4.69) is 46.4 Å². The van der Waals surface area contributed by atoms with Crippen LogP contribution in [0.4, 0.5) is 17.1 Å². The summed E-state index contributed by atoms with van der Waals surface area (Å²) in [5, 5.41) is 15.2. The molecule has 2 aromatic rings. The number of likely N-dealkylation sites (N-methyl/N-ethyl adjacent to an activating group) is 1. The summed E-state index contributed by atoms with van der Waals surface area (Å²) < 4.78 is 0. The highest BCUT2D eigenvalue weighted by Gasteiger charge is 2.24. The summed E-state index contributed by atoms with van der Waals surface area (Å²) in [4.78, 5) is 16.0. The molecule has 1 unspecified atom stereocenters. The summed E-state index contributed by atoms with van der Waals surface area (Å²) >= 11 is 0. The van der Waals surface area contributed by atoms with Crippen molar-refractivity contribution in [3.63, 3.8) is 0 Å². The van der Waals surface area contributed by atoms with Crippen molar-refractivity contribution in [1.82, 2.24) is 4.90 Å². The van der Waals surface area contributed by atoms with Crippen LogP contribution in [0.3, 0.4) is 0 Å². The van der Waals surface area contributed by atoms with E-state index in [1.165, 1.54) is 17.5 Å². The van der Waals surface area contributed by atoms with Gasteiger partial charge in [0.15, 0.2) is 0 Å². The van der Waals surface area contributed by atoms with Crippen molar-refractivity contribution in [3.05, 3.63) is 63.7 Å². The molecule has 1 N–H and O–H groups in total. The van der Waals surface area contributed by atoms with E-state index >= 15 is 0 Å². The van der Waals surface area contributed by atoms with Gasteiger partial charge in [0.2, 0.25) is 0 Å². The average molecular weight is 380 g/mol. The van der Waals surface area contributed by atoms with Gasteiger partial charge in [-0.3, -0.25) is 10.1 Å². The van der Waals surface area contributed by atoms with Crippen LogP contribution in [0.5, 0.6) is 0 Å². The fraction of sp³-hybridized carbons (Fsp3) is 0.455. The third kappa shape index (κ3) is 3.97. The molecule has 0 bridgehead atoms. The lowest BCUT2D eigenvalue weighted by atomic mass is 9.98. The van der Waals surface area contributed by atoms with E-state index in [1.54, 1.807) is 6.07 Å². The lowest BCUT2D eigenvalue weighted by Gasteiger charge is -2.34. The van der Waals surface area contributed by atoms with E-state index < -0.39 is 0 Å². The number of hydrogen-bond donors (Lipinski definition) is 1. The molecular formula is C22H28N4O2. The Morgan fingerprint density at radius 2 is 1.86 bits per heavy atom. The molecular weight excluding hydrogens is 352 g/mol. The van der Waals surface area contributed by atoms with E-state index in [-0.39, 0.29) is 16.7 Å². The monoisotopic (exact) mass is 380 g/mol. The molecule has 1 fully saturated rings. The van der Waals surface area contributed by atoms with Crippen LogP contribution in [-0.4, -0.2) is 43.0 Å². The molecule has 6 nitrogen and oxygen atoms in total. The van der Waals surface area contributed by atoms with Gasteiger partial charge >= 0.3 is 0 Å². The summed E-state index contributed by atoms with van der Waals surface area (Å²) in [5.41, 5.74) is 4.47. The zero-order valence-corrected chi connectivity index (χ0v) is 16.4. The molecule has 0 saturated carbocycles. The second-order valence-electron chi connectivity index (χ2n) is 7.89. The van der Waals surface area contributed by atoms with Gasteiger partial charge in [0, 0.05) is 37.9 Å². The van der Waals surface area contributed by atoms with E-state index in [4.69, 9.17) is 0 Å². The highest BCUT2D eigenvalue weighted by atomic mass is 16.6. The first-order chi connectivity index (χ1) is 13.6. The van der Waals surface area contributed by atoms with Gasteiger partial charge in [0.25, 0.3) is 5.69 Å². The van der Waals surface area contributed by atoms with Crippen LogP contribution in [0.2, 0.25) is 0 Å². The number of rotatable bonds is 4. The van der Waals surface area contributed by atoms with Crippen molar-refractivity contribution in [1.29, 1.82) is 0 Å². The van der Waals surface area contributed by atoms with Crippen LogP contribution in [0.15, 0.2) is 42.5 Å². The Kier molecular flexibility index (Phi) is 5.48. The largest absolute Gasteiger partial charge is 0.373 e. The second-order valence-corrected chi connectivity index (χ2v) is 7.89. The number of fused-ring (bicyclic) bond motifs is 1. The second kappa shape index (κ2) is 8.19. The maximum Gasteiger partial charge on any atom is 0.292 e. The number of nitro benzene ring substituents is 1. The molecule has 0 spiro atoms. The number of nitrogens with zero attached hydrogens (tertiary/aromatic N) is 3. The van der Waals surface area contributed by atoms with Gasteiger partial charge in [-0.1, -0.05) is 30.7 Å². The molecule has 1 heterocycles. The van der Waals surface area contributed by atoms with Gasteiger partial charge in [-0.15, -0.1) is 0 Å². The molecule has 1 saturated heterocycles. The van der Waals surface area contributed by atoms with Crippen molar-refractivity contribution < 1.29 is 4.92 Å². The third-order valence-corrected chi connectivity index (χ3v) is 5.99. The smallest absolute Gasteiger partial charge is 0.292 e. The number of hydrogen-bond acceptors (Lipinski definition) is 5. The Balaban J connectivity index is 1.64. The quantitative estimate of drug-likeness (QED) is 0.489. The first-order valence-electron chi connectivity index (χ1n) is 10.2. The predicted octanol–water partition coefficient (Wildman–Crippen LogP) is 4.23. The molecule has 148 valence electrons. The summed E-state index contributed by atoms with van der Waals surface area (Å²) in [7, 11) is 2.13. The van der Waals surface area contributed by atoms with Gasteiger partial charge in [-0.2, -0.15) is 0 Å². The highest BCUT2D eigenvalue weighted by Crippen LogP contribution is 2.36. The minimum atomic E-state index is -0.279. The molecule has 1 aliphatic heterocycles. The molecule has 6 heteroatoms. The van der Waals surface area contributed by atoms with Gasteiger partial charge in [-0.25, -0.2) is 0 Å². The van der Waals surface area contributed by atoms with E-state index in [9.17, 15) is 10.1 Å². The Morgan fingerprint density at radius 3 is 2.64 bits per heavy atom. The van der Waals surface area contributed by atoms with Crippen molar-refractivity contribution in [3.8, 4) is 0 Å². The first-order valence-corrected chi connectivity index (χ1v) is 10.2. The molecule has 2 aromatic carbocycles. The summed E-state index contributed by atoms with van der Waals surface area (Å²) in [6, 6.07) is 14.1. The van der Waals surface area contributed by atoms with Crippen LogP contribution in [-0.2, 0) is 6.42 Å². The van der Waals surface area contributed by atoms with Crippen LogP contribution >= 0.6 is 0 Å². The summed E-state index contributed by atoms with van der Waals surface area (Å²) in [5.74, 6) is 0. The van der Waals surface area contributed by atoms with Gasteiger partial charge in [0.1, 0.15) is 5.69 Å². The zero-order valence-electron chi connectivity index (χ0n) is 16.4. The predicted molar refractivity (Wildman–Crippen MR) is 113 cm³/mol. The molecule has 2 aliphatic rings. The molecule has 0 aromatic heterocycles. The van der Waals surface area contributed by atoms with E-state index in [0.29, 0.717) is 5.69 Å². The third-order valence-electron chi connectivity index (χ3n) is 5.99. The maximum absolute atomic E-state index is 11.7. The minimum Gasteiger partial charge on any atom is -0.373 e. The van der Waals surface area contributed by atoms with Crippen molar-refractivity contribution >= 4 is 17.1 Å². The molecule has 0 radical (unpaired) electrons. The lowest BCUT2D eigenvalue weighted by Crippen LogP contribution is -2.44. The first kappa shape index (κ1) is 18.7. The minimum absolute atomic E-state index is 0.111. The van der Waals surface area contributed by atoms with Crippen molar-refractivity contribution in [2.45, 2.75) is 31.7 Å². The number of piperazine rings is 1. The summed E-state index contributed by atoms with van der Waals surface area (Å²) in [6.45, 7) is 3.91. The van der Waals surface area contributed by atoms with E-state index in [0.717, 1.165) is 51.1 Å². The van der Waals surface area contributed by atoms with Crippen molar-refractivity contribution in [2.24, 2.45) is 0 Å². The standard InChI is InChI=1S/C22H28N4O2/c1-24-12-14-25(15-13-24)18-10-11-22(26(27)28)21(16-18)23-20-9-5-3-7-17-6-2-4-8-19(17)20/h2,4,6,8,10-11,16,20,23H,3,5,7,9,12-15H2,1H3. The number of nitro groups is 1. The molecule has 28 heavy (non-hydrogen) atoms. The lowest BCUT2D eigenvalue weighted by molar-refractivity contribution is -0.384. The Bertz CT molecular complexity index is 846. The van der Waals surface area contributed by atoms with Gasteiger partial charge < -0.3 is 15.1 Å². The fourth-order valence-electron chi connectivity index (χ4n) is 4.32. The summed E-state index contributed by atoms with van der Waals surface area (Å²) in [6.07, 6.45) is 4.36.